The average molecular weight is 336 g/mol. The summed E-state index contributed by atoms with van der Waals surface area (Å²) in [7, 11) is 0. The lowest BCUT2D eigenvalue weighted by molar-refractivity contribution is 0.994. The second-order valence-corrected chi connectivity index (χ2v) is 6.36. The predicted octanol–water partition coefficient (Wildman–Crippen LogP) is 4.39. The second-order valence-electron chi connectivity index (χ2n) is 4.57. The molecule has 0 aliphatic rings. The number of thiazole rings is 1. The van der Waals surface area contributed by atoms with Crippen LogP contribution in [-0.4, -0.2) is 9.38 Å². The van der Waals surface area contributed by atoms with E-state index in [-0.39, 0.29) is 0 Å². The fourth-order valence-electron chi connectivity index (χ4n) is 2.18. The molecule has 0 aliphatic heterocycles. The van der Waals surface area contributed by atoms with Gasteiger partial charge >= 0.3 is 0 Å². The minimum absolute atomic E-state index is 0.777. The van der Waals surface area contributed by atoms with Crippen molar-refractivity contribution in [3.63, 3.8) is 0 Å². The van der Waals surface area contributed by atoms with Crippen LogP contribution in [0.4, 0.5) is 5.69 Å². The molecule has 0 spiro atoms. The Balaban J connectivity index is 1.85. The van der Waals surface area contributed by atoms with Crippen LogP contribution in [0, 0.1) is 13.8 Å². The Morgan fingerprint density at radius 2 is 2.16 bits per heavy atom. The summed E-state index contributed by atoms with van der Waals surface area (Å²) in [5, 5.41) is 5.53. The zero-order chi connectivity index (χ0) is 13.4. The van der Waals surface area contributed by atoms with Crippen molar-refractivity contribution in [3.8, 4) is 0 Å². The largest absolute Gasteiger partial charge is 0.379 e. The number of imidazole rings is 1. The molecule has 0 saturated heterocycles. The van der Waals surface area contributed by atoms with E-state index in [1.54, 1.807) is 11.3 Å². The van der Waals surface area contributed by atoms with E-state index in [1.807, 2.05) is 0 Å². The normalized spacial score (nSPS) is 11.1. The molecule has 0 bridgehead atoms. The van der Waals surface area contributed by atoms with E-state index in [2.05, 4.69) is 74.3 Å². The number of fused-ring (bicyclic) bond motifs is 1. The van der Waals surface area contributed by atoms with Gasteiger partial charge in [0.05, 0.1) is 17.9 Å². The van der Waals surface area contributed by atoms with Gasteiger partial charge in [-0.25, -0.2) is 4.98 Å². The van der Waals surface area contributed by atoms with Crippen molar-refractivity contribution in [1.29, 1.82) is 0 Å². The molecule has 98 valence electrons. The Labute approximate surface area is 124 Å². The quantitative estimate of drug-likeness (QED) is 0.769. The van der Waals surface area contributed by atoms with E-state index in [1.165, 1.54) is 11.3 Å². The van der Waals surface area contributed by atoms with Gasteiger partial charge in [0.2, 0.25) is 0 Å². The van der Waals surface area contributed by atoms with Gasteiger partial charge in [0.1, 0.15) is 0 Å². The van der Waals surface area contributed by atoms with Crippen LogP contribution >= 0.6 is 27.3 Å². The molecule has 0 radical (unpaired) electrons. The number of anilines is 1. The fourth-order valence-corrected chi connectivity index (χ4v) is 3.56. The van der Waals surface area contributed by atoms with Gasteiger partial charge in [0, 0.05) is 21.7 Å². The molecule has 0 atom stereocenters. The molecule has 0 aliphatic carbocycles. The van der Waals surface area contributed by atoms with Crippen molar-refractivity contribution in [2.75, 3.05) is 5.32 Å². The Hall–Kier alpha value is -1.33. The van der Waals surface area contributed by atoms with E-state index in [0.717, 1.165) is 27.4 Å². The Morgan fingerprint density at radius 1 is 1.32 bits per heavy atom. The topological polar surface area (TPSA) is 29.3 Å². The third-order valence-electron chi connectivity index (χ3n) is 3.06. The minimum atomic E-state index is 0.777. The molecule has 0 unspecified atom stereocenters. The number of halogens is 1. The molecular formula is C14H14BrN3S. The lowest BCUT2D eigenvalue weighted by Gasteiger charge is -2.08. The molecule has 1 aromatic carbocycles. The van der Waals surface area contributed by atoms with Crippen molar-refractivity contribution < 1.29 is 0 Å². The molecule has 19 heavy (non-hydrogen) atoms. The number of nitrogens with zero attached hydrogens (tertiary/aromatic N) is 2. The minimum Gasteiger partial charge on any atom is -0.379 e. The van der Waals surface area contributed by atoms with Gasteiger partial charge in [0.15, 0.2) is 4.96 Å². The highest BCUT2D eigenvalue weighted by molar-refractivity contribution is 9.10. The summed E-state index contributed by atoms with van der Waals surface area (Å²) in [4.78, 5) is 5.61. The van der Waals surface area contributed by atoms with Crippen LogP contribution in [-0.2, 0) is 6.54 Å². The van der Waals surface area contributed by atoms with Gasteiger partial charge in [-0.1, -0.05) is 15.9 Å². The second kappa shape index (κ2) is 4.98. The van der Waals surface area contributed by atoms with Crippen molar-refractivity contribution in [2.24, 2.45) is 0 Å². The number of rotatable bonds is 3. The first-order valence-corrected chi connectivity index (χ1v) is 7.73. The first kappa shape index (κ1) is 12.7. The molecule has 2 heterocycles. The summed E-state index contributed by atoms with van der Waals surface area (Å²) < 4.78 is 3.25. The predicted molar refractivity (Wildman–Crippen MR) is 84.0 cm³/mol. The maximum Gasteiger partial charge on any atom is 0.194 e. The number of aromatic nitrogens is 2. The van der Waals surface area contributed by atoms with Gasteiger partial charge in [-0.15, -0.1) is 11.3 Å². The first-order valence-electron chi connectivity index (χ1n) is 6.05. The van der Waals surface area contributed by atoms with Crippen LogP contribution in [0.1, 0.15) is 17.0 Å². The Kier molecular flexibility index (Phi) is 3.33. The van der Waals surface area contributed by atoms with E-state index < -0.39 is 0 Å². The van der Waals surface area contributed by atoms with E-state index >= 15 is 0 Å². The van der Waals surface area contributed by atoms with Crippen molar-refractivity contribution >= 4 is 37.9 Å². The van der Waals surface area contributed by atoms with E-state index in [0.29, 0.717) is 0 Å². The third-order valence-corrected chi connectivity index (χ3v) is 4.28. The zero-order valence-electron chi connectivity index (χ0n) is 10.8. The van der Waals surface area contributed by atoms with Gasteiger partial charge < -0.3 is 5.32 Å². The monoisotopic (exact) mass is 335 g/mol. The molecule has 0 saturated carbocycles. The van der Waals surface area contributed by atoms with Crippen molar-refractivity contribution in [2.45, 2.75) is 20.4 Å². The number of hydrogen-bond donors (Lipinski definition) is 1. The summed E-state index contributed by atoms with van der Waals surface area (Å²) in [6, 6.07) is 6.34. The number of hydrogen-bond acceptors (Lipinski definition) is 3. The summed E-state index contributed by atoms with van der Waals surface area (Å²) >= 11 is 5.19. The van der Waals surface area contributed by atoms with E-state index in [9.17, 15) is 0 Å². The Morgan fingerprint density at radius 3 is 2.95 bits per heavy atom. The van der Waals surface area contributed by atoms with Crippen LogP contribution in [0.25, 0.3) is 4.96 Å². The molecule has 5 heteroatoms. The fraction of sp³-hybridized carbons (Fsp3) is 0.214. The van der Waals surface area contributed by atoms with Gasteiger partial charge in [-0.3, -0.25) is 4.40 Å². The lowest BCUT2D eigenvalue weighted by Crippen LogP contribution is -2.03. The van der Waals surface area contributed by atoms with Crippen molar-refractivity contribution in [3.05, 3.63) is 51.2 Å². The maximum atomic E-state index is 4.55. The molecule has 0 amide bonds. The molecular weight excluding hydrogens is 322 g/mol. The summed E-state index contributed by atoms with van der Waals surface area (Å²) in [6.45, 7) is 4.93. The maximum absolute atomic E-state index is 4.55. The molecule has 3 nitrogen and oxygen atoms in total. The van der Waals surface area contributed by atoms with Gasteiger partial charge in [-0.05, 0) is 37.6 Å². The highest BCUT2D eigenvalue weighted by Crippen LogP contribution is 2.21. The number of aryl methyl sites for hydroxylation is 2. The van der Waals surface area contributed by atoms with Crippen LogP contribution in [0.3, 0.4) is 0 Å². The SMILES string of the molecule is Cc1cc(Br)cc(NCc2c(C)nc3sccn23)c1. The summed E-state index contributed by atoms with van der Waals surface area (Å²) in [5.41, 5.74) is 4.67. The highest BCUT2D eigenvalue weighted by Gasteiger charge is 2.09. The molecule has 0 fully saturated rings. The molecule has 3 rings (SSSR count). The molecule has 3 aromatic rings. The summed E-state index contributed by atoms with van der Waals surface area (Å²) in [6.07, 6.45) is 2.07. The zero-order valence-corrected chi connectivity index (χ0v) is 13.2. The van der Waals surface area contributed by atoms with Crippen LogP contribution in [0.15, 0.2) is 34.2 Å². The van der Waals surface area contributed by atoms with Crippen LogP contribution in [0.5, 0.6) is 0 Å². The van der Waals surface area contributed by atoms with Gasteiger partial charge in [-0.2, -0.15) is 0 Å². The van der Waals surface area contributed by atoms with E-state index in [4.69, 9.17) is 0 Å². The number of nitrogens with one attached hydrogen (secondary N) is 1. The smallest absolute Gasteiger partial charge is 0.194 e. The van der Waals surface area contributed by atoms with Crippen LogP contribution in [0.2, 0.25) is 0 Å². The lowest BCUT2D eigenvalue weighted by atomic mass is 10.2. The highest BCUT2D eigenvalue weighted by atomic mass is 79.9. The number of benzene rings is 1. The van der Waals surface area contributed by atoms with Crippen LogP contribution < -0.4 is 5.32 Å². The summed E-state index contributed by atoms with van der Waals surface area (Å²) in [5.74, 6) is 0. The first-order chi connectivity index (χ1) is 9.13. The third kappa shape index (κ3) is 2.53. The van der Waals surface area contributed by atoms with Crippen molar-refractivity contribution in [1.82, 2.24) is 9.38 Å². The Bertz CT molecular complexity index is 709. The standard InChI is InChI=1S/C14H14BrN3S/c1-9-5-11(15)7-12(6-9)16-8-13-10(2)17-14-18(13)3-4-19-14/h3-7,16H,8H2,1-2H3. The molecule has 2 aromatic heterocycles. The average Bonchev–Trinajstić information content (AvgIpc) is 2.86. The molecule has 1 N–H and O–H groups in total. The van der Waals surface area contributed by atoms with Gasteiger partial charge in [0.25, 0.3) is 0 Å².